The molecule has 0 aliphatic heterocycles. The Kier molecular flexibility index (Phi) is 9.37. The van der Waals surface area contributed by atoms with Crippen molar-refractivity contribution in [2.24, 2.45) is 0 Å². The van der Waals surface area contributed by atoms with Gasteiger partial charge in [0.25, 0.3) is 5.91 Å². The van der Waals surface area contributed by atoms with Crippen LogP contribution in [0.3, 0.4) is 0 Å². The molecule has 1 atom stereocenters. The molecule has 38 heavy (non-hydrogen) atoms. The summed E-state index contributed by atoms with van der Waals surface area (Å²) in [6, 6.07) is 32.2. The van der Waals surface area contributed by atoms with Gasteiger partial charge in [-0.25, -0.2) is 0 Å². The second kappa shape index (κ2) is 13.3. The summed E-state index contributed by atoms with van der Waals surface area (Å²) in [6.07, 6.45) is 0. The molecule has 0 aromatic heterocycles. The fourth-order valence-electron chi connectivity index (χ4n) is 4.02. The van der Waals surface area contributed by atoms with Crippen LogP contribution in [0, 0.1) is 0 Å². The van der Waals surface area contributed by atoms with Crippen molar-refractivity contribution in [3.05, 3.63) is 131 Å². The number of nitrogens with one attached hydrogen (secondary N) is 1. The lowest BCUT2D eigenvalue weighted by Gasteiger charge is -2.31. The van der Waals surface area contributed by atoms with Gasteiger partial charge < -0.3 is 19.7 Å². The molecule has 0 fully saturated rings. The lowest BCUT2D eigenvalue weighted by molar-refractivity contribution is -0.143. The van der Waals surface area contributed by atoms with Crippen molar-refractivity contribution in [1.82, 2.24) is 10.2 Å². The summed E-state index contributed by atoms with van der Waals surface area (Å²) in [5, 5.41) is 3.54. The number of methoxy groups -OCH3 is 1. The largest absolute Gasteiger partial charge is 0.497 e. The highest BCUT2D eigenvalue weighted by molar-refractivity contribution is 6.31. The molecule has 0 saturated heterocycles. The van der Waals surface area contributed by atoms with Gasteiger partial charge in [-0.2, -0.15) is 0 Å². The van der Waals surface area contributed by atoms with Gasteiger partial charge in [0.05, 0.1) is 7.11 Å². The Morgan fingerprint density at radius 1 is 0.816 bits per heavy atom. The highest BCUT2D eigenvalue weighted by Crippen LogP contribution is 2.26. The maximum Gasteiger partial charge on any atom is 0.261 e. The normalized spacial score (nSPS) is 11.3. The van der Waals surface area contributed by atoms with Crippen LogP contribution in [0.15, 0.2) is 109 Å². The molecule has 2 amide bonds. The molecule has 0 radical (unpaired) electrons. The van der Waals surface area contributed by atoms with E-state index in [0.717, 1.165) is 11.1 Å². The summed E-state index contributed by atoms with van der Waals surface area (Å²) in [6.45, 7) is 0.203. The van der Waals surface area contributed by atoms with E-state index < -0.39 is 6.04 Å². The number of ether oxygens (including phenoxy) is 2. The van der Waals surface area contributed by atoms with Gasteiger partial charge in [0, 0.05) is 18.1 Å². The summed E-state index contributed by atoms with van der Waals surface area (Å²) in [5.41, 5.74) is 2.32. The topological polar surface area (TPSA) is 67.9 Å². The van der Waals surface area contributed by atoms with Crippen molar-refractivity contribution in [2.75, 3.05) is 13.7 Å². The number of hydrogen-bond acceptors (Lipinski definition) is 4. The molecular weight excluding hydrogens is 500 g/mol. The molecule has 0 aliphatic rings. The molecule has 0 aliphatic carbocycles. The summed E-state index contributed by atoms with van der Waals surface area (Å²) >= 11 is 6.31. The molecule has 4 rings (SSSR count). The Morgan fingerprint density at radius 2 is 1.45 bits per heavy atom. The van der Waals surface area contributed by atoms with Gasteiger partial charge in [-0.3, -0.25) is 9.59 Å². The van der Waals surface area contributed by atoms with Crippen LogP contribution in [0.1, 0.15) is 22.7 Å². The van der Waals surface area contributed by atoms with Gasteiger partial charge in [-0.15, -0.1) is 0 Å². The number of carbonyl (C=O) groups excluding carboxylic acids is 2. The van der Waals surface area contributed by atoms with E-state index in [2.05, 4.69) is 5.32 Å². The Hall–Kier alpha value is -4.29. The zero-order valence-electron chi connectivity index (χ0n) is 21.0. The van der Waals surface area contributed by atoms with E-state index in [1.54, 1.807) is 30.2 Å². The van der Waals surface area contributed by atoms with Gasteiger partial charge in [0.1, 0.15) is 17.5 Å². The number of halogens is 1. The maximum absolute atomic E-state index is 13.7. The van der Waals surface area contributed by atoms with Crippen molar-refractivity contribution < 1.29 is 19.1 Å². The van der Waals surface area contributed by atoms with E-state index in [0.29, 0.717) is 22.1 Å². The van der Waals surface area contributed by atoms with E-state index in [9.17, 15) is 9.59 Å². The standard InChI is InChI=1S/C31H29ClN2O4/c1-37-26-18-16-23(17-19-26)21-34(29(35)22-38-27-13-6-3-7-14-27)30(24-10-4-2-5-11-24)31(36)33-20-25-12-8-9-15-28(25)32/h2-19,30H,20-22H2,1H3,(H,33,36)/t30-/m0/s1. The van der Waals surface area contributed by atoms with Crippen LogP contribution >= 0.6 is 11.6 Å². The fourth-order valence-corrected chi connectivity index (χ4v) is 4.23. The highest BCUT2D eigenvalue weighted by atomic mass is 35.5. The first-order valence-corrected chi connectivity index (χ1v) is 12.6. The highest BCUT2D eigenvalue weighted by Gasteiger charge is 2.32. The Morgan fingerprint density at radius 3 is 2.11 bits per heavy atom. The van der Waals surface area contributed by atoms with Crippen molar-refractivity contribution >= 4 is 23.4 Å². The van der Waals surface area contributed by atoms with Crippen LogP contribution in [0.5, 0.6) is 11.5 Å². The molecule has 0 bridgehead atoms. The molecular formula is C31H29ClN2O4. The van der Waals surface area contributed by atoms with Gasteiger partial charge in [-0.05, 0) is 47.0 Å². The summed E-state index contributed by atoms with van der Waals surface area (Å²) in [5.74, 6) is 0.630. The van der Waals surface area contributed by atoms with Crippen LogP contribution < -0.4 is 14.8 Å². The Labute approximate surface area is 227 Å². The fraction of sp³-hybridized carbons (Fsp3) is 0.161. The molecule has 0 heterocycles. The third-order valence-corrected chi connectivity index (χ3v) is 6.39. The van der Waals surface area contributed by atoms with E-state index in [1.165, 1.54) is 0 Å². The first kappa shape index (κ1) is 26.8. The van der Waals surface area contributed by atoms with Crippen LogP contribution in [-0.2, 0) is 22.7 Å². The van der Waals surface area contributed by atoms with Crippen molar-refractivity contribution in [2.45, 2.75) is 19.1 Å². The van der Waals surface area contributed by atoms with E-state index >= 15 is 0 Å². The molecule has 4 aromatic rings. The molecule has 0 spiro atoms. The second-order valence-electron chi connectivity index (χ2n) is 8.59. The SMILES string of the molecule is COc1ccc(CN(C(=O)COc2ccccc2)[C@H](C(=O)NCc2ccccc2Cl)c2ccccc2)cc1. The number of para-hydroxylation sites is 1. The smallest absolute Gasteiger partial charge is 0.261 e. The number of rotatable bonds is 11. The lowest BCUT2D eigenvalue weighted by Crippen LogP contribution is -2.45. The third kappa shape index (κ3) is 7.14. The number of carbonyl (C=O) groups is 2. The molecule has 6 nitrogen and oxygen atoms in total. The Bertz CT molecular complexity index is 1330. The van der Waals surface area contributed by atoms with Crippen LogP contribution in [0.4, 0.5) is 0 Å². The summed E-state index contributed by atoms with van der Waals surface area (Å²) < 4.78 is 11.0. The average molecular weight is 529 g/mol. The van der Waals surface area contributed by atoms with Gasteiger partial charge >= 0.3 is 0 Å². The number of amides is 2. The number of benzene rings is 4. The first-order chi connectivity index (χ1) is 18.5. The summed E-state index contributed by atoms with van der Waals surface area (Å²) in [4.78, 5) is 28.9. The molecule has 0 unspecified atom stereocenters. The van der Waals surface area contributed by atoms with Crippen LogP contribution in [0.2, 0.25) is 5.02 Å². The minimum Gasteiger partial charge on any atom is -0.497 e. The molecule has 0 saturated carbocycles. The first-order valence-electron chi connectivity index (χ1n) is 12.2. The maximum atomic E-state index is 13.7. The van der Waals surface area contributed by atoms with Gasteiger partial charge in [0.2, 0.25) is 5.91 Å². The van der Waals surface area contributed by atoms with Gasteiger partial charge in [-0.1, -0.05) is 90.5 Å². The van der Waals surface area contributed by atoms with Crippen molar-refractivity contribution in [3.63, 3.8) is 0 Å². The number of nitrogens with zero attached hydrogens (tertiary/aromatic N) is 1. The average Bonchev–Trinajstić information content (AvgIpc) is 2.96. The predicted octanol–water partition coefficient (Wildman–Crippen LogP) is 5.81. The minimum absolute atomic E-state index is 0.194. The monoisotopic (exact) mass is 528 g/mol. The van der Waals surface area contributed by atoms with E-state index in [1.807, 2.05) is 91.0 Å². The predicted molar refractivity (Wildman–Crippen MR) is 148 cm³/mol. The van der Waals surface area contributed by atoms with Crippen LogP contribution in [-0.4, -0.2) is 30.4 Å². The zero-order valence-corrected chi connectivity index (χ0v) is 21.8. The lowest BCUT2D eigenvalue weighted by atomic mass is 10.0. The molecule has 4 aromatic carbocycles. The zero-order chi connectivity index (χ0) is 26.7. The quantitative estimate of drug-likeness (QED) is 0.266. The Balaban J connectivity index is 1.64. The summed E-state index contributed by atoms with van der Waals surface area (Å²) in [7, 11) is 1.60. The van der Waals surface area contributed by atoms with E-state index in [4.69, 9.17) is 21.1 Å². The number of hydrogen-bond donors (Lipinski definition) is 1. The van der Waals surface area contributed by atoms with E-state index in [-0.39, 0.29) is 31.5 Å². The molecule has 7 heteroatoms. The molecule has 1 N–H and O–H groups in total. The van der Waals surface area contributed by atoms with Crippen molar-refractivity contribution in [3.8, 4) is 11.5 Å². The molecule has 194 valence electrons. The van der Waals surface area contributed by atoms with Crippen LogP contribution in [0.25, 0.3) is 0 Å². The second-order valence-corrected chi connectivity index (χ2v) is 9.00. The third-order valence-electron chi connectivity index (χ3n) is 6.02. The minimum atomic E-state index is -0.896. The van der Waals surface area contributed by atoms with Crippen molar-refractivity contribution in [1.29, 1.82) is 0 Å². The van der Waals surface area contributed by atoms with Gasteiger partial charge in [0.15, 0.2) is 6.61 Å².